The van der Waals surface area contributed by atoms with Crippen LogP contribution in [0.1, 0.15) is 16.9 Å². The lowest BCUT2D eigenvalue weighted by Gasteiger charge is -2.41. The van der Waals surface area contributed by atoms with Crippen molar-refractivity contribution >= 4 is 22.9 Å². The first-order valence-corrected chi connectivity index (χ1v) is 10.0. The van der Waals surface area contributed by atoms with Gasteiger partial charge in [-0.15, -0.1) is 11.3 Å². The molecule has 1 aromatic carbocycles. The standard InChI is InChI=1S/C19H25ClN2O3S/c1-25-19-9-14(17(20)10-18(19)24)11-21-5-6-22(15(12-21)4-7-23)13-16-3-2-8-26-16/h2-3,8-10,15,23-24H,4-7,11-13H2,1H3. The van der Waals surface area contributed by atoms with Gasteiger partial charge in [-0.05, 0) is 29.5 Å². The SMILES string of the molecule is COc1cc(CN2CCN(Cc3cccs3)C(CCO)C2)c(Cl)cc1O. The molecule has 7 heteroatoms. The summed E-state index contributed by atoms with van der Waals surface area (Å²) in [7, 11) is 1.54. The summed E-state index contributed by atoms with van der Waals surface area (Å²) >= 11 is 8.08. The average Bonchev–Trinajstić information content (AvgIpc) is 3.13. The number of methoxy groups -OCH3 is 1. The normalized spacial score (nSPS) is 19.0. The van der Waals surface area contributed by atoms with Gasteiger partial charge in [-0.25, -0.2) is 0 Å². The molecule has 1 saturated heterocycles. The molecule has 0 spiro atoms. The number of benzene rings is 1. The molecule has 26 heavy (non-hydrogen) atoms. The summed E-state index contributed by atoms with van der Waals surface area (Å²) in [5.74, 6) is 0.493. The van der Waals surface area contributed by atoms with Crippen LogP contribution in [0.5, 0.6) is 11.5 Å². The van der Waals surface area contributed by atoms with Crippen molar-refractivity contribution in [3.8, 4) is 11.5 Å². The van der Waals surface area contributed by atoms with Crippen LogP contribution < -0.4 is 4.74 Å². The van der Waals surface area contributed by atoms with Crippen molar-refractivity contribution in [1.29, 1.82) is 0 Å². The zero-order valence-electron chi connectivity index (χ0n) is 14.9. The largest absolute Gasteiger partial charge is 0.504 e. The molecule has 1 aromatic heterocycles. The zero-order valence-corrected chi connectivity index (χ0v) is 16.5. The highest BCUT2D eigenvalue weighted by Crippen LogP contribution is 2.33. The molecule has 2 N–H and O–H groups in total. The van der Waals surface area contributed by atoms with Gasteiger partial charge in [0.2, 0.25) is 0 Å². The van der Waals surface area contributed by atoms with Gasteiger partial charge >= 0.3 is 0 Å². The van der Waals surface area contributed by atoms with E-state index < -0.39 is 0 Å². The van der Waals surface area contributed by atoms with E-state index >= 15 is 0 Å². The molecule has 0 radical (unpaired) electrons. The van der Waals surface area contributed by atoms with Gasteiger partial charge < -0.3 is 14.9 Å². The fourth-order valence-corrected chi connectivity index (χ4v) is 4.39. The highest BCUT2D eigenvalue weighted by atomic mass is 35.5. The molecular weight excluding hydrogens is 372 g/mol. The zero-order chi connectivity index (χ0) is 18.5. The number of ether oxygens (including phenoxy) is 1. The molecule has 1 fully saturated rings. The first-order valence-electron chi connectivity index (χ1n) is 8.75. The van der Waals surface area contributed by atoms with Gasteiger partial charge in [0.1, 0.15) is 0 Å². The number of hydrogen-bond acceptors (Lipinski definition) is 6. The third-order valence-electron chi connectivity index (χ3n) is 4.83. The van der Waals surface area contributed by atoms with Gasteiger partial charge in [-0.3, -0.25) is 9.80 Å². The predicted octanol–water partition coefficient (Wildman–Crippen LogP) is 3.18. The number of aliphatic hydroxyl groups is 1. The van der Waals surface area contributed by atoms with E-state index in [9.17, 15) is 10.2 Å². The Morgan fingerprint density at radius 3 is 2.85 bits per heavy atom. The van der Waals surface area contributed by atoms with Crippen LogP contribution in [0.2, 0.25) is 5.02 Å². The van der Waals surface area contributed by atoms with E-state index in [-0.39, 0.29) is 12.4 Å². The Morgan fingerprint density at radius 1 is 1.31 bits per heavy atom. The van der Waals surface area contributed by atoms with E-state index in [4.69, 9.17) is 16.3 Å². The van der Waals surface area contributed by atoms with E-state index in [2.05, 4.69) is 27.3 Å². The minimum atomic E-state index is 0.0557. The monoisotopic (exact) mass is 396 g/mol. The van der Waals surface area contributed by atoms with E-state index in [1.165, 1.54) is 18.1 Å². The van der Waals surface area contributed by atoms with Crippen molar-refractivity contribution in [2.45, 2.75) is 25.6 Å². The molecule has 0 aliphatic carbocycles. The molecule has 0 amide bonds. The average molecular weight is 397 g/mol. The van der Waals surface area contributed by atoms with Crippen LogP contribution in [-0.2, 0) is 13.1 Å². The number of hydrogen-bond donors (Lipinski definition) is 2. The van der Waals surface area contributed by atoms with Crippen LogP contribution in [0.25, 0.3) is 0 Å². The molecule has 0 saturated carbocycles. The molecular formula is C19H25ClN2O3S. The van der Waals surface area contributed by atoms with Crippen LogP contribution in [0, 0.1) is 0 Å². The second-order valence-electron chi connectivity index (χ2n) is 6.57. The van der Waals surface area contributed by atoms with Crippen LogP contribution >= 0.6 is 22.9 Å². The maximum atomic E-state index is 9.83. The first-order chi connectivity index (χ1) is 12.6. The molecule has 142 valence electrons. The summed E-state index contributed by atoms with van der Waals surface area (Å²) in [6, 6.07) is 7.89. The van der Waals surface area contributed by atoms with Crippen LogP contribution in [0.4, 0.5) is 0 Å². The Balaban J connectivity index is 1.67. The maximum absolute atomic E-state index is 9.83. The molecule has 1 atom stereocenters. The van der Waals surface area contributed by atoms with Crippen molar-refractivity contribution in [3.05, 3.63) is 45.1 Å². The maximum Gasteiger partial charge on any atom is 0.160 e. The fraction of sp³-hybridized carbons (Fsp3) is 0.474. The number of nitrogens with zero attached hydrogens (tertiary/aromatic N) is 2. The van der Waals surface area contributed by atoms with E-state index in [0.717, 1.165) is 38.2 Å². The minimum absolute atomic E-state index is 0.0557. The molecule has 2 heterocycles. The highest BCUT2D eigenvalue weighted by Gasteiger charge is 2.27. The number of aliphatic hydroxyl groups excluding tert-OH is 1. The van der Waals surface area contributed by atoms with Gasteiger partial charge in [0.25, 0.3) is 0 Å². The number of phenols is 1. The Bertz CT molecular complexity index is 711. The van der Waals surface area contributed by atoms with Crippen molar-refractivity contribution < 1.29 is 14.9 Å². The highest BCUT2D eigenvalue weighted by molar-refractivity contribution is 7.09. The van der Waals surface area contributed by atoms with E-state index in [0.29, 0.717) is 23.4 Å². The third kappa shape index (κ3) is 4.69. The summed E-state index contributed by atoms with van der Waals surface area (Å²) in [4.78, 5) is 6.16. The van der Waals surface area contributed by atoms with Crippen LogP contribution in [0.15, 0.2) is 29.6 Å². The van der Waals surface area contributed by atoms with E-state index in [1.807, 2.05) is 0 Å². The molecule has 2 aromatic rings. The number of aromatic hydroxyl groups is 1. The van der Waals surface area contributed by atoms with Crippen LogP contribution in [0.3, 0.4) is 0 Å². The van der Waals surface area contributed by atoms with Crippen molar-refractivity contribution in [3.63, 3.8) is 0 Å². The number of halogens is 1. The molecule has 5 nitrogen and oxygen atoms in total. The third-order valence-corrected chi connectivity index (χ3v) is 6.04. The van der Waals surface area contributed by atoms with Gasteiger partial charge in [0.15, 0.2) is 11.5 Å². The van der Waals surface area contributed by atoms with Gasteiger partial charge in [0.05, 0.1) is 7.11 Å². The topological polar surface area (TPSA) is 56.2 Å². The summed E-state index contributed by atoms with van der Waals surface area (Å²) in [5, 5.41) is 22.0. The van der Waals surface area contributed by atoms with Gasteiger partial charge in [0, 0.05) is 61.3 Å². The number of rotatable bonds is 7. The summed E-state index contributed by atoms with van der Waals surface area (Å²) < 4.78 is 5.20. The van der Waals surface area contributed by atoms with Gasteiger partial charge in [-0.2, -0.15) is 0 Å². The van der Waals surface area contributed by atoms with E-state index in [1.54, 1.807) is 17.4 Å². The number of piperazine rings is 1. The minimum Gasteiger partial charge on any atom is -0.504 e. The molecule has 1 unspecified atom stereocenters. The lowest BCUT2D eigenvalue weighted by molar-refractivity contribution is 0.0506. The Morgan fingerprint density at radius 2 is 2.15 bits per heavy atom. The quantitative estimate of drug-likeness (QED) is 0.752. The second-order valence-corrected chi connectivity index (χ2v) is 8.01. The Hall–Kier alpha value is -1.31. The number of thiophene rings is 1. The Kier molecular flexibility index (Phi) is 6.78. The summed E-state index contributed by atoms with van der Waals surface area (Å²) in [6.07, 6.45) is 0.758. The Labute approximate surface area is 163 Å². The molecule has 0 bridgehead atoms. The van der Waals surface area contributed by atoms with Crippen molar-refractivity contribution in [2.24, 2.45) is 0 Å². The predicted molar refractivity (Wildman–Crippen MR) is 105 cm³/mol. The lowest BCUT2D eigenvalue weighted by Crippen LogP contribution is -2.52. The smallest absolute Gasteiger partial charge is 0.160 e. The summed E-state index contributed by atoms with van der Waals surface area (Å²) in [5.41, 5.74) is 0.941. The van der Waals surface area contributed by atoms with Crippen molar-refractivity contribution in [2.75, 3.05) is 33.4 Å². The first kappa shape index (κ1) is 19.5. The molecule has 1 aliphatic rings. The van der Waals surface area contributed by atoms with Crippen LogP contribution in [-0.4, -0.2) is 59.4 Å². The van der Waals surface area contributed by atoms with Crippen molar-refractivity contribution in [1.82, 2.24) is 9.80 Å². The molecule has 3 rings (SSSR count). The molecule has 1 aliphatic heterocycles. The number of phenolic OH excluding ortho intramolecular Hbond substituents is 1. The summed E-state index contributed by atoms with van der Waals surface area (Å²) in [6.45, 7) is 4.59. The second kappa shape index (κ2) is 9.06. The van der Waals surface area contributed by atoms with Gasteiger partial charge in [-0.1, -0.05) is 17.7 Å². The fourth-order valence-electron chi connectivity index (χ4n) is 3.45. The lowest BCUT2D eigenvalue weighted by atomic mass is 10.1.